The lowest BCUT2D eigenvalue weighted by atomic mass is 9.62. The quantitative estimate of drug-likeness (QED) is 0.562. The molecular formula is C19H29BrO. The van der Waals surface area contributed by atoms with E-state index in [-0.39, 0.29) is 5.41 Å². The highest BCUT2D eigenvalue weighted by atomic mass is 79.9. The number of benzene rings is 1. The maximum Gasteiger partial charge on any atom is 0.119 e. The van der Waals surface area contributed by atoms with Gasteiger partial charge in [0.25, 0.3) is 0 Å². The maximum absolute atomic E-state index is 6.29. The SMILES string of the molecule is CCC(C)(C)c1ccc(OC2CC(Br)C2(CC)CC)cc1. The summed E-state index contributed by atoms with van der Waals surface area (Å²) in [5.74, 6) is 1.02. The molecule has 1 nitrogen and oxygen atoms in total. The lowest BCUT2D eigenvalue weighted by molar-refractivity contribution is -0.0411. The fourth-order valence-corrected chi connectivity index (χ4v) is 4.65. The largest absolute Gasteiger partial charge is 0.490 e. The van der Waals surface area contributed by atoms with Gasteiger partial charge in [-0.05, 0) is 48.8 Å². The van der Waals surface area contributed by atoms with Crippen LogP contribution in [0, 0.1) is 5.41 Å². The van der Waals surface area contributed by atoms with Crippen LogP contribution in [0.1, 0.15) is 65.9 Å². The lowest BCUT2D eigenvalue weighted by Crippen LogP contribution is -2.56. The predicted octanol–water partition coefficient (Wildman–Crippen LogP) is 6.10. The average Bonchev–Trinajstić information content (AvgIpc) is 2.49. The van der Waals surface area contributed by atoms with Crippen molar-refractivity contribution in [2.24, 2.45) is 5.41 Å². The first-order valence-electron chi connectivity index (χ1n) is 8.31. The smallest absolute Gasteiger partial charge is 0.119 e. The monoisotopic (exact) mass is 352 g/mol. The molecule has 1 aliphatic carbocycles. The minimum Gasteiger partial charge on any atom is -0.490 e. The molecule has 2 unspecified atom stereocenters. The summed E-state index contributed by atoms with van der Waals surface area (Å²) in [6, 6.07) is 8.74. The third-order valence-electron chi connectivity index (χ3n) is 5.80. The second kappa shape index (κ2) is 6.32. The zero-order valence-electron chi connectivity index (χ0n) is 14.1. The molecule has 0 N–H and O–H groups in total. The first kappa shape index (κ1) is 16.9. The van der Waals surface area contributed by atoms with E-state index >= 15 is 0 Å². The van der Waals surface area contributed by atoms with Crippen molar-refractivity contribution in [2.75, 3.05) is 0 Å². The topological polar surface area (TPSA) is 9.23 Å². The molecule has 21 heavy (non-hydrogen) atoms. The third-order valence-corrected chi connectivity index (χ3v) is 7.09. The summed E-state index contributed by atoms with van der Waals surface area (Å²) in [5.41, 5.74) is 1.94. The molecule has 0 aliphatic heterocycles. The Balaban J connectivity index is 2.08. The van der Waals surface area contributed by atoms with Crippen molar-refractivity contribution in [2.45, 2.75) is 76.6 Å². The molecule has 1 fully saturated rings. The highest BCUT2D eigenvalue weighted by Crippen LogP contribution is 2.52. The number of alkyl halides is 1. The van der Waals surface area contributed by atoms with Gasteiger partial charge in [-0.25, -0.2) is 0 Å². The second-order valence-electron chi connectivity index (χ2n) is 7.01. The molecule has 1 aromatic rings. The van der Waals surface area contributed by atoms with E-state index in [2.05, 4.69) is 74.8 Å². The van der Waals surface area contributed by atoms with Crippen LogP contribution >= 0.6 is 15.9 Å². The van der Waals surface area contributed by atoms with Crippen molar-refractivity contribution < 1.29 is 4.74 Å². The van der Waals surface area contributed by atoms with Gasteiger partial charge in [-0.2, -0.15) is 0 Å². The van der Waals surface area contributed by atoms with Crippen molar-refractivity contribution in [1.29, 1.82) is 0 Å². The van der Waals surface area contributed by atoms with Gasteiger partial charge in [0.2, 0.25) is 0 Å². The molecule has 0 aromatic heterocycles. The van der Waals surface area contributed by atoms with E-state index < -0.39 is 0 Å². The van der Waals surface area contributed by atoms with Crippen LogP contribution in [0.25, 0.3) is 0 Å². The summed E-state index contributed by atoms with van der Waals surface area (Å²) < 4.78 is 6.29. The van der Waals surface area contributed by atoms with Gasteiger partial charge >= 0.3 is 0 Å². The molecule has 0 amide bonds. The van der Waals surface area contributed by atoms with Gasteiger partial charge in [0.05, 0.1) is 0 Å². The molecule has 0 heterocycles. The third kappa shape index (κ3) is 3.02. The van der Waals surface area contributed by atoms with Gasteiger partial charge in [-0.1, -0.05) is 62.7 Å². The van der Waals surface area contributed by atoms with Crippen molar-refractivity contribution in [3.05, 3.63) is 29.8 Å². The fraction of sp³-hybridized carbons (Fsp3) is 0.684. The number of hydrogen-bond donors (Lipinski definition) is 0. The van der Waals surface area contributed by atoms with Gasteiger partial charge in [0, 0.05) is 10.2 Å². The first-order chi connectivity index (χ1) is 9.89. The zero-order chi connectivity index (χ0) is 15.7. The molecular weight excluding hydrogens is 324 g/mol. The summed E-state index contributed by atoms with van der Waals surface area (Å²) in [6.07, 6.45) is 4.96. The van der Waals surface area contributed by atoms with Crippen LogP contribution in [0.2, 0.25) is 0 Å². The van der Waals surface area contributed by atoms with E-state index in [1.807, 2.05) is 0 Å². The number of rotatable bonds is 6. The normalized spacial score (nSPS) is 24.5. The Labute approximate surface area is 138 Å². The highest BCUT2D eigenvalue weighted by molar-refractivity contribution is 9.09. The van der Waals surface area contributed by atoms with E-state index in [1.165, 1.54) is 18.4 Å². The Hall–Kier alpha value is -0.500. The summed E-state index contributed by atoms with van der Waals surface area (Å²) in [7, 11) is 0. The van der Waals surface area contributed by atoms with E-state index in [0.717, 1.165) is 18.6 Å². The maximum atomic E-state index is 6.29. The number of hydrogen-bond acceptors (Lipinski definition) is 1. The molecule has 0 spiro atoms. The van der Waals surface area contributed by atoms with Crippen molar-refractivity contribution in [3.63, 3.8) is 0 Å². The predicted molar refractivity (Wildman–Crippen MR) is 94.5 cm³/mol. The molecule has 1 aromatic carbocycles. The van der Waals surface area contributed by atoms with Crippen molar-refractivity contribution in [1.82, 2.24) is 0 Å². The summed E-state index contributed by atoms with van der Waals surface area (Å²) in [6.45, 7) is 11.4. The van der Waals surface area contributed by atoms with Crippen LogP contribution in [0.15, 0.2) is 24.3 Å². The van der Waals surface area contributed by atoms with Crippen LogP contribution in [-0.2, 0) is 5.41 Å². The Morgan fingerprint density at radius 2 is 1.71 bits per heavy atom. The summed E-state index contributed by atoms with van der Waals surface area (Å²) >= 11 is 3.82. The average molecular weight is 353 g/mol. The van der Waals surface area contributed by atoms with Crippen molar-refractivity contribution in [3.8, 4) is 5.75 Å². The standard InChI is InChI=1S/C19H29BrO/c1-6-18(4,5)14-9-11-15(12-10-14)21-17-13-16(20)19(17,7-2)8-3/h9-12,16-17H,6-8,13H2,1-5H3. The molecule has 1 saturated carbocycles. The molecule has 2 atom stereocenters. The lowest BCUT2D eigenvalue weighted by Gasteiger charge is -2.52. The zero-order valence-corrected chi connectivity index (χ0v) is 15.7. The molecule has 0 saturated heterocycles. The Morgan fingerprint density at radius 3 is 2.14 bits per heavy atom. The van der Waals surface area contributed by atoms with Gasteiger partial charge < -0.3 is 4.74 Å². The van der Waals surface area contributed by atoms with Crippen LogP contribution < -0.4 is 4.74 Å². The van der Waals surface area contributed by atoms with E-state index in [0.29, 0.717) is 16.3 Å². The molecule has 2 rings (SSSR count). The first-order valence-corrected chi connectivity index (χ1v) is 9.22. The molecule has 2 heteroatoms. The van der Waals surface area contributed by atoms with Crippen molar-refractivity contribution >= 4 is 15.9 Å². The minimum absolute atomic E-state index is 0.243. The van der Waals surface area contributed by atoms with Gasteiger partial charge in [-0.3, -0.25) is 0 Å². The highest BCUT2D eigenvalue weighted by Gasteiger charge is 2.53. The van der Waals surface area contributed by atoms with Crippen LogP contribution in [0.4, 0.5) is 0 Å². The van der Waals surface area contributed by atoms with E-state index in [9.17, 15) is 0 Å². The van der Waals surface area contributed by atoms with E-state index in [4.69, 9.17) is 4.74 Å². The molecule has 0 radical (unpaired) electrons. The van der Waals surface area contributed by atoms with Gasteiger partial charge in [0.15, 0.2) is 0 Å². The fourth-order valence-electron chi connectivity index (χ4n) is 3.37. The number of ether oxygens (including phenoxy) is 1. The Morgan fingerprint density at radius 1 is 1.14 bits per heavy atom. The second-order valence-corrected chi connectivity index (χ2v) is 8.12. The van der Waals surface area contributed by atoms with Gasteiger partial charge in [0.1, 0.15) is 11.9 Å². The van der Waals surface area contributed by atoms with Crippen LogP contribution in [0.5, 0.6) is 5.75 Å². The minimum atomic E-state index is 0.243. The Bertz CT molecular complexity index is 459. The summed E-state index contributed by atoms with van der Waals surface area (Å²) in [4.78, 5) is 0.600. The van der Waals surface area contributed by atoms with E-state index in [1.54, 1.807) is 0 Å². The molecule has 1 aliphatic rings. The van der Waals surface area contributed by atoms with Crippen LogP contribution in [-0.4, -0.2) is 10.9 Å². The Kier molecular flexibility index (Phi) is 5.07. The summed E-state index contributed by atoms with van der Waals surface area (Å²) in [5, 5.41) is 0. The number of halogens is 1. The molecule has 118 valence electrons. The van der Waals surface area contributed by atoms with Crippen LogP contribution in [0.3, 0.4) is 0 Å². The molecule has 0 bridgehead atoms. The van der Waals surface area contributed by atoms with Gasteiger partial charge in [-0.15, -0.1) is 0 Å².